The van der Waals surface area contributed by atoms with Crippen molar-refractivity contribution in [3.63, 3.8) is 0 Å². The average Bonchev–Trinajstić information content (AvgIpc) is 3.23. The first kappa shape index (κ1) is 56.6. The predicted octanol–water partition coefficient (Wildman–Crippen LogP) is 14.8. The number of nitrogens with one attached hydrogen (secondary N) is 1. The minimum Gasteiger partial charge on any atom is -0.462 e. The molecule has 0 saturated carbocycles. The Kier molecular flexibility index (Phi) is 44.7. The van der Waals surface area contributed by atoms with Gasteiger partial charge in [-0.3, -0.25) is 9.59 Å². The van der Waals surface area contributed by atoms with Crippen LogP contribution in [0.2, 0.25) is 0 Å². The quantitative estimate of drug-likeness (QED) is 0.0246. The number of aliphatic hydroxyl groups is 2. The highest BCUT2D eigenvalue weighted by atomic mass is 16.5. The van der Waals surface area contributed by atoms with Gasteiger partial charge in [0.15, 0.2) is 0 Å². The van der Waals surface area contributed by atoms with Gasteiger partial charge in [0.1, 0.15) is 6.10 Å². The van der Waals surface area contributed by atoms with Crippen LogP contribution in [-0.2, 0) is 14.3 Å². The molecule has 6 nitrogen and oxygen atoms in total. The molecule has 0 aliphatic rings. The van der Waals surface area contributed by atoms with Gasteiger partial charge in [-0.1, -0.05) is 210 Å². The zero-order chi connectivity index (χ0) is 43.1. The monoisotopic (exact) mass is 826 g/mol. The molecule has 0 aliphatic carbocycles. The Morgan fingerprint density at radius 1 is 0.525 bits per heavy atom. The molecule has 59 heavy (non-hydrogen) atoms. The highest BCUT2D eigenvalue weighted by molar-refractivity contribution is 5.77. The SMILES string of the molecule is CC/C=C/C=C/C=C\CCCCCCCC(=O)OC(CCCCCCC/C=C\C/C=C\CCCCC)CC(=O)NC(CO)C(O)CCCCCCCCCCCCCC. The molecule has 0 aromatic rings. The molecule has 0 saturated heterocycles. The van der Waals surface area contributed by atoms with Crippen molar-refractivity contribution in [1.29, 1.82) is 0 Å². The number of esters is 1. The van der Waals surface area contributed by atoms with E-state index < -0.39 is 18.2 Å². The minimum absolute atomic E-state index is 0.0585. The first-order chi connectivity index (χ1) is 29.0. The number of rotatable bonds is 44. The van der Waals surface area contributed by atoms with Gasteiger partial charge in [0.2, 0.25) is 5.91 Å². The fraction of sp³-hybridized carbons (Fsp3) is 0.774. The lowest BCUT2D eigenvalue weighted by atomic mass is 10.0. The molecule has 0 aromatic carbocycles. The third-order valence-corrected chi connectivity index (χ3v) is 11.1. The number of hydrogen-bond donors (Lipinski definition) is 3. The molecule has 0 fully saturated rings. The highest BCUT2D eigenvalue weighted by Crippen LogP contribution is 2.17. The van der Waals surface area contributed by atoms with E-state index in [4.69, 9.17) is 4.74 Å². The maximum absolute atomic E-state index is 13.2. The van der Waals surface area contributed by atoms with Gasteiger partial charge in [0.25, 0.3) is 0 Å². The van der Waals surface area contributed by atoms with Gasteiger partial charge in [-0.05, 0) is 77.0 Å². The molecule has 0 aromatic heterocycles. The lowest BCUT2D eigenvalue weighted by Gasteiger charge is -2.24. The predicted molar refractivity (Wildman–Crippen MR) is 255 cm³/mol. The van der Waals surface area contributed by atoms with Gasteiger partial charge >= 0.3 is 5.97 Å². The summed E-state index contributed by atoms with van der Waals surface area (Å²) >= 11 is 0. The first-order valence-corrected chi connectivity index (χ1v) is 25.0. The second-order valence-corrected chi connectivity index (χ2v) is 16.9. The van der Waals surface area contributed by atoms with Crippen LogP contribution in [0.4, 0.5) is 0 Å². The summed E-state index contributed by atoms with van der Waals surface area (Å²) < 4.78 is 5.91. The zero-order valence-electron chi connectivity index (χ0n) is 38.9. The van der Waals surface area contributed by atoms with Crippen molar-refractivity contribution in [3.05, 3.63) is 60.8 Å². The lowest BCUT2D eigenvalue weighted by Crippen LogP contribution is -2.46. The van der Waals surface area contributed by atoms with Crippen molar-refractivity contribution in [2.75, 3.05) is 6.61 Å². The molecule has 0 aliphatic heterocycles. The largest absolute Gasteiger partial charge is 0.462 e. The van der Waals surface area contributed by atoms with Gasteiger partial charge in [-0.15, -0.1) is 0 Å². The van der Waals surface area contributed by atoms with E-state index in [9.17, 15) is 19.8 Å². The fourth-order valence-electron chi connectivity index (χ4n) is 7.34. The van der Waals surface area contributed by atoms with E-state index in [2.05, 4.69) is 86.8 Å². The van der Waals surface area contributed by atoms with Crippen molar-refractivity contribution in [3.8, 4) is 0 Å². The first-order valence-electron chi connectivity index (χ1n) is 25.0. The molecule has 6 heteroatoms. The number of allylic oxidation sites excluding steroid dienone is 10. The topological polar surface area (TPSA) is 95.9 Å². The number of amides is 1. The molecule has 3 unspecified atom stereocenters. The van der Waals surface area contributed by atoms with Crippen molar-refractivity contribution in [1.82, 2.24) is 5.32 Å². The van der Waals surface area contributed by atoms with Gasteiger partial charge in [-0.25, -0.2) is 0 Å². The molecule has 0 bridgehead atoms. The molecule has 0 spiro atoms. The summed E-state index contributed by atoms with van der Waals surface area (Å²) in [5.74, 6) is -0.511. The van der Waals surface area contributed by atoms with Gasteiger partial charge in [-0.2, -0.15) is 0 Å². The van der Waals surface area contributed by atoms with Crippen LogP contribution in [0.15, 0.2) is 60.8 Å². The molecular weight excluding hydrogens is 731 g/mol. The second kappa shape index (κ2) is 46.6. The van der Waals surface area contributed by atoms with Crippen molar-refractivity contribution < 1.29 is 24.5 Å². The summed E-state index contributed by atoms with van der Waals surface area (Å²) in [4.78, 5) is 26.1. The molecular formula is C53H95NO5. The van der Waals surface area contributed by atoms with Crippen molar-refractivity contribution >= 4 is 11.9 Å². The zero-order valence-corrected chi connectivity index (χ0v) is 38.9. The number of carbonyl (C=O) groups is 2. The van der Waals surface area contributed by atoms with E-state index >= 15 is 0 Å². The van der Waals surface area contributed by atoms with Crippen LogP contribution in [0.3, 0.4) is 0 Å². The van der Waals surface area contributed by atoms with Crippen LogP contribution < -0.4 is 5.32 Å². The summed E-state index contributed by atoms with van der Waals surface area (Å²) in [7, 11) is 0. The van der Waals surface area contributed by atoms with E-state index in [1.807, 2.05) is 0 Å². The molecule has 0 rings (SSSR count). The maximum atomic E-state index is 13.2. The maximum Gasteiger partial charge on any atom is 0.306 e. The third-order valence-electron chi connectivity index (χ3n) is 11.1. The summed E-state index contributed by atoms with van der Waals surface area (Å²) in [5.41, 5.74) is 0. The van der Waals surface area contributed by atoms with Crippen LogP contribution in [0.5, 0.6) is 0 Å². The van der Waals surface area contributed by atoms with E-state index in [-0.39, 0.29) is 24.9 Å². The van der Waals surface area contributed by atoms with E-state index in [0.29, 0.717) is 19.3 Å². The van der Waals surface area contributed by atoms with Crippen LogP contribution in [0, 0.1) is 0 Å². The fourth-order valence-corrected chi connectivity index (χ4v) is 7.34. The summed E-state index contributed by atoms with van der Waals surface area (Å²) in [6.45, 7) is 6.31. The van der Waals surface area contributed by atoms with Crippen LogP contribution in [-0.4, -0.2) is 46.9 Å². The van der Waals surface area contributed by atoms with E-state index in [1.165, 1.54) is 96.3 Å². The number of unbranched alkanes of at least 4 members (excludes halogenated alkanes) is 24. The molecule has 3 atom stereocenters. The number of aliphatic hydroxyl groups excluding tert-OH is 2. The van der Waals surface area contributed by atoms with Gasteiger partial charge in [0.05, 0.1) is 25.2 Å². The molecule has 3 N–H and O–H groups in total. The summed E-state index contributed by atoms with van der Waals surface area (Å²) in [6, 6.07) is -0.711. The van der Waals surface area contributed by atoms with Gasteiger partial charge < -0.3 is 20.3 Å². The molecule has 342 valence electrons. The third kappa shape index (κ3) is 42.1. The van der Waals surface area contributed by atoms with Crippen molar-refractivity contribution in [2.24, 2.45) is 0 Å². The minimum atomic E-state index is -0.796. The number of hydrogen-bond acceptors (Lipinski definition) is 5. The Hall–Kier alpha value is -2.44. The summed E-state index contributed by atoms with van der Waals surface area (Å²) in [5, 5.41) is 23.7. The number of carbonyl (C=O) groups excluding carboxylic acids is 2. The van der Waals surface area contributed by atoms with E-state index in [0.717, 1.165) is 96.3 Å². The Balaban J connectivity index is 4.65. The molecule has 0 heterocycles. The van der Waals surface area contributed by atoms with Crippen LogP contribution >= 0.6 is 0 Å². The Bertz CT molecular complexity index is 1060. The van der Waals surface area contributed by atoms with E-state index in [1.54, 1.807) is 0 Å². The smallest absolute Gasteiger partial charge is 0.306 e. The lowest BCUT2D eigenvalue weighted by molar-refractivity contribution is -0.151. The average molecular weight is 826 g/mol. The summed E-state index contributed by atoms with van der Waals surface area (Å²) in [6.07, 6.45) is 57.0. The highest BCUT2D eigenvalue weighted by Gasteiger charge is 2.24. The standard InChI is InChI=1S/C53H95NO5/c1-4-7-10-13-16-19-22-25-26-28-29-32-35-38-41-44-49(59-53(58)46-43-40-37-34-31-27-23-20-17-14-11-8-5-2)47-52(57)54-50(48-55)51(56)45-42-39-36-33-30-24-21-18-15-12-9-6-3/h8,11,14,16-17,19-20,23,25-26,49-51,55-56H,4-7,9-10,12-13,15,18,21-22,24,27-48H2,1-3H3,(H,54,57)/b11-8+,17-14+,19-16-,23-20-,26-25-. The Morgan fingerprint density at radius 2 is 0.983 bits per heavy atom. The molecule has 0 radical (unpaired) electrons. The van der Waals surface area contributed by atoms with Crippen LogP contribution in [0.25, 0.3) is 0 Å². The Labute approximate surface area is 365 Å². The normalized spacial score (nSPS) is 13.8. The van der Waals surface area contributed by atoms with Gasteiger partial charge in [0, 0.05) is 6.42 Å². The second-order valence-electron chi connectivity index (χ2n) is 16.9. The van der Waals surface area contributed by atoms with Crippen LogP contribution in [0.1, 0.15) is 239 Å². The Morgan fingerprint density at radius 3 is 1.54 bits per heavy atom. The number of ether oxygens (including phenoxy) is 1. The van der Waals surface area contributed by atoms with Crippen molar-refractivity contribution in [2.45, 2.75) is 257 Å². The molecule has 1 amide bonds.